The molecule has 0 radical (unpaired) electrons. The molecule has 1 aromatic carbocycles. The van der Waals surface area contributed by atoms with E-state index in [1.807, 2.05) is 0 Å². The Balaban J connectivity index is 1.46. The van der Waals surface area contributed by atoms with Crippen LogP contribution in [0.4, 0.5) is 8.78 Å². The molecule has 146 valence electrons. The van der Waals surface area contributed by atoms with Gasteiger partial charge in [-0.3, -0.25) is 0 Å². The molecule has 1 aromatic rings. The molecule has 0 atom stereocenters. The highest BCUT2D eigenvalue weighted by molar-refractivity contribution is 7.20. The minimum atomic E-state index is -1.46. The summed E-state index contributed by atoms with van der Waals surface area (Å²) >= 11 is 7.02. The fraction of sp³-hybridized carbons (Fsp3) is 0.727. The summed E-state index contributed by atoms with van der Waals surface area (Å²) in [6.07, 6.45) is 11.3. The summed E-state index contributed by atoms with van der Waals surface area (Å²) in [6, 6.07) is 8.40. The minimum absolute atomic E-state index is 0.403. The van der Waals surface area contributed by atoms with Gasteiger partial charge in [0.05, 0.1) is 0 Å². The molecule has 1 saturated heterocycles. The number of benzene rings is 1. The number of halogens is 3. The van der Waals surface area contributed by atoms with E-state index in [-0.39, 0.29) is 0 Å². The van der Waals surface area contributed by atoms with Gasteiger partial charge in [0.2, 0.25) is 0 Å². The third-order valence-corrected chi connectivity index (χ3v) is 12.3. The fourth-order valence-corrected chi connectivity index (χ4v) is 9.73. The van der Waals surface area contributed by atoms with E-state index in [1.165, 1.54) is 75.2 Å². The second-order valence-corrected chi connectivity index (χ2v) is 14.9. The molecular weight excluding hydrogens is 366 g/mol. The maximum Gasteiger partial charge on any atom is 0.159 e. The molecule has 1 heterocycles. The Morgan fingerprint density at radius 3 is 2.19 bits per heavy atom. The highest BCUT2D eigenvalue weighted by atomic mass is 35.6. The number of hydrogen-bond acceptors (Lipinski definition) is 0. The predicted molar refractivity (Wildman–Crippen MR) is 109 cm³/mol. The van der Waals surface area contributed by atoms with Crippen LogP contribution in [0.2, 0.25) is 18.1 Å². The normalized spacial score (nSPS) is 32.5. The molecule has 26 heavy (non-hydrogen) atoms. The van der Waals surface area contributed by atoms with Crippen LogP contribution in [0, 0.1) is 23.5 Å². The van der Waals surface area contributed by atoms with Crippen molar-refractivity contribution < 1.29 is 8.78 Å². The van der Waals surface area contributed by atoms with Gasteiger partial charge in [0.15, 0.2) is 19.0 Å². The molecule has 0 unspecified atom stereocenters. The summed E-state index contributed by atoms with van der Waals surface area (Å²) in [7, 11) is -1.46. The summed E-state index contributed by atoms with van der Waals surface area (Å²) in [6.45, 7) is 2.26. The predicted octanol–water partition coefficient (Wildman–Crippen LogP) is 8.02. The Kier molecular flexibility index (Phi) is 7.18. The Morgan fingerprint density at radius 1 is 0.923 bits per heavy atom. The molecule has 1 aliphatic carbocycles. The van der Waals surface area contributed by atoms with E-state index in [1.54, 1.807) is 6.07 Å². The van der Waals surface area contributed by atoms with Crippen LogP contribution in [0.15, 0.2) is 18.2 Å². The Hall–Kier alpha value is -0.413. The van der Waals surface area contributed by atoms with Crippen LogP contribution < -0.4 is 0 Å². The Morgan fingerprint density at radius 2 is 1.58 bits per heavy atom. The van der Waals surface area contributed by atoms with E-state index in [9.17, 15) is 8.78 Å². The molecule has 0 aromatic heterocycles. The highest BCUT2D eigenvalue weighted by Gasteiger charge is 2.38. The van der Waals surface area contributed by atoms with Crippen molar-refractivity contribution in [2.24, 2.45) is 11.8 Å². The Labute approximate surface area is 163 Å². The molecule has 1 aliphatic heterocycles. The van der Waals surface area contributed by atoms with Gasteiger partial charge in [-0.05, 0) is 79.3 Å². The molecule has 1 saturated carbocycles. The van der Waals surface area contributed by atoms with E-state index in [2.05, 4.69) is 6.92 Å². The van der Waals surface area contributed by atoms with Crippen molar-refractivity contribution in [3.63, 3.8) is 0 Å². The maximum absolute atomic E-state index is 13.5. The van der Waals surface area contributed by atoms with E-state index >= 15 is 0 Å². The van der Waals surface area contributed by atoms with Gasteiger partial charge >= 0.3 is 0 Å². The number of rotatable bonds is 6. The van der Waals surface area contributed by atoms with Crippen molar-refractivity contribution in [3.05, 3.63) is 35.4 Å². The van der Waals surface area contributed by atoms with Crippen LogP contribution in [0.1, 0.15) is 76.2 Å². The lowest BCUT2D eigenvalue weighted by Gasteiger charge is -2.40. The van der Waals surface area contributed by atoms with E-state index in [0.717, 1.165) is 30.2 Å². The van der Waals surface area contributed by atoms with Crippen LogP contribution in [-0.4, -0.2) is 7.38 Å². The van der Waals surface area contributed by atoms with Gasteiger partial charge in [0, 0.05) is 0 Å². The monoisotopic (exact) mass is 398 g/mol. The lowest BCUT2D eigenvalue weighted by Crippen LogP contribution is -2.35. The van der Waals surface area contributed by atoms with Gasteiger partial charge in [0.1, 0.15) is 0 Å². The molecule has 4 heteroatoms. The summed E-state index contributed by atoms with van der Waals surface area (Å²) < 4.78 is 26.7. The van der Waals surface area contributed by atoms with Crippen molar-refractivity contribution in [1.29, 1.82) is 0 Å². The van der Waals surface area contributed by atoms with Crippen LogP contribution in [0.25, 0.3) is 0 Å². The highest BCUT2D eigenvalue weighted by Crippen LogP contribution is 2.47. The summed E-state index contributed by atoms with van der Waals surface area (Å²) in [5.74, 6) is 0.634. The smallest absolute Gasteiger partial charge is 0.159 e. The molecule has 0 spiro atoms. The van der Waals surface area contributed by atoms with E-state index in [0.29, 0.717) is 5.92 Å². The number of unbranched alkanes of at least 4 members (excludes halogenated alkanes) is 2. The van der Waals surface area contributed by atoms with Crippen molar-refractivity contribution >= 4 is 18.5 Å². The van der Waals surface area contributed by atoms with Gasteiger partial charge in [-0.2, -0.15) is 11.1 Å². The van der Waals surface area contributed by atoms with Gasteiger partial charge in [-0.15, -0.1) is 0 Å². The molecule has 0 amide bonds. The summed E-state index contributed by atoms with van der Waals surface area (Å²) in [4.78, 5) is 0. The first-order valence-electron chi connectivity index (χ1n) is 10.6. The minimum Gasteiger partial charge on any atom is -0.204 e. The van der Waals surface area contributed by atoms with Crippen LogP contribution in [0.3, 0.4) is 0 Å². The zero-order chi connectivity index (χ0) is 18.6. The van der Waals surface area contributed by atoms with Gasteiger partial charge in [0.25, 0.3) is 0 Å². The van der Waals surface area contributed by atoms with Crippen LogP contribution >= 0.6 is 11.1 Å². The number of hydrogen-bond donors (Lipinski definition) is 0. The maximum atomic E-state index is 13.5. The standard InChI is InChI=1S/C22H33ClF2Si/c1-2-3-4-13-26(23)14-11-19(12-15-26)17-5-7-18(8-6-17)20-9-10-21(24)22(25)16-20/h9-10,16-19H,2-8,11-15H2,1H3. The van der Waals surface area contributed by atoms with Gasteiger partial charge < -0.3 is 0 Å². The third kappa shape index (κ3) is 5.10. The third-order valence-electron chi connectivity index (χ3n) is 7.01. The van der Waals surface area contributed by atoms with Crippen molar-refractivity contribution in [3.8, 4) is 0 Å². The molecule has 0 nitrogen and oxygen atoms in total. The average Bonchev–Trinajstić information content (AvgIpc) is 2.65. The first-order chi connectivity index (χ1) is 12.5. The van der Waals surface area contributed by atoms with E-state index < -0.39 is 19.0 Å². The van der Waals surface area contributed by atoms with Crippen LogP contribution in [0.5, 0.6) is 0 Å². The quantitative estimate of drug-likeness (QED) is 0.258. The topological polar surface area (TPSA) is 0 Å². The second-order valence-electron chi connectivity index (χ2n) is 8.73. The first-order valence-corrected chi connectivity index (χ1v) is 14.3. The van der Waals surface area contributed by atoms with Crippen LogP contribution in [-0.2, 0) is 0 Å². The molecule has 2 aliphatic rings. The second kappa shape index (κ2) is 9.19. The Bertz CT molecular complexity index is 576. The molecule has 3 rings (SSSR count). The van der Waals surface area contributed by atoms with Crippen molar-refractivity contribution in [1.82, 2.24) is 0 Å². The summed E-state index contributed by atoms with van der Waals surface area (Å²) in [5.41, 5.74) is 0.981. The fourth-order valence-electron chi connectivity index (χ4n) is 5.26. The lowest BCUT2D eigenvalue weighted by molar-refractivity contribution is 0.215. The largest absolute Gasteiger partial charge is 0.204 e. The molecule has 0 bridgehead atoms. The van der Waals surface area contributed by atoms with E-state index in [4.69, 9.17) is 11.1 Å². The average molecular weight is 399 g/mol. The summed E-state index contributed by atoms with van der Waals surface area (Å²) in [5, 5.41) is 0. The first kappa shape index (κ1) is 20.3. The molecular formula is C22H33ClF2Si. The zero-order valence-electron chi connectivity index (χ0n) is 16.1. The SMILES string of the molecule is CCCCC[Si]1(Cl)CCC(C2CCC(c3ccc(F)c(F)c3)CC2)CC1. The lowest BCUT2D eigenvalue weighted by atomic mass is 9.72. The molecule has 0 N–H and O–H groups in total. The van der Waals surface area contributed by atoms with Gasteiger partial charge in [-0.1, -0.05) is 45.1 Å². The van der Waals surface area contributed by atoms with Gasteiger partial charge in [-0.25, -0.2) is 8.78 Å². The molecule has 2 fully saturated rings. The van der Waals surface area contributed by atoms with Crippen molar-refractivity contribution in [2.45, 2.75) is 88.8 Å². The zero-order valence-corrected chi connectivity index (χ0v) is 17.8. The van der Waals surface area contributed by atoms with Crippen molar-refractivity contribution in [2.75, 3.05) is 0 Å².